The van der Waals surface area contributed by atoms with Crippen molar-refractivity contribution in [1.82, 2.24) is 9.97 Å². The van der Waals surface area contributed by atoms with E-state index in [1.807, 2.05) is 6.92 Å². The van der Waals surface area contributed by atoms with Crippen molar-refractivity contribution in [3.63, 3.8) is 0 Å². The maximum atomic E-state index is 5.30. The molecule has 1 N–H and O–H groups in total. The Morgan fingerprint density at radius 3 is 2.79 bits per heavy atom. The summed E-state index contributed by atoms with van der Waals surface area (Å²) in [4.78, 5) is 11.7. The molecule has 0 aromatic carbocycles. The predicted molar refractivity (Wildman–Crippen MR) is 81.1 cm³/mol. The third-order valence-electron chi connectivity index (χ3n) is 3.06. The molecule has 0 aliphatic heterocycles. The fraction of sp³-hybridized carbons (Fsp3) is 0.571. The van der Waals surface area contributed by atoms with Gasteiger partial charge >= 0.3 is 0 Å². The number of aromatic nitrogens is 2. The summed E-state index contributed by atoms with van der Waals surface area (Å²) in [6, 6.07) is 2.20. The van der Waals surface area contributed by atoms with Crippen LogP contribution >= 0.6 is 11.3 Å². The molecule has 1 unspecified atom stereocenters. The van der Waals surface area contributed by atoms with Crippen LogP contribution in [0.5, 0.6) is 0 Å². The molecule has 0 amide bonds. The highest BCUT2D eigenvalue weighted by molar-refractivity contribution is 7.18. The average Bonchev–Trinajstić information content (AvgIpc) is 2.82. The highest BCUT2D eigenvalue weighted by Crippen LogP contribution is 2.29. The SMILES string of the molecule is CCNc1nc(CC(C)OC)nc2sc(CC)cc12. The van der Waals surface area contributed by atoms with Crippen molar-refractivity contribution in [2.45, 2.75) is 39.7 Å². The van der Waals surface area contributed by atoms with Crippen LogP contribution in [0.25, 0.3) is 10.2 Å². The molecule has 2 aromatic rings. The van der Waals surface area contributed by atoms with Crippen molar-refractivity contribution in [2.75, 3.05) is 19.0 Å². The summed E-state index contributed by atoms with van der Waals surface area (Å²) in [5, 5.41) is 4.47. The van der Waals surface area contributed by atoms with E-state index in [0.29, 0.717) is 0 Å². The Balaban J connectivity index is 2.43. The van der Waals surface area contributed by atoms with Crippen molar-refractivity contribution in [3.8, 4) is 0 Å². The minimum absolute atomic E-state index is 0.137. The summed E-state index contributed by atoms with van der Waals surface area (Å²) in [5.41, 5.74) is 0. The van der Waals surface area contributed by atoms with Gasteiger partial charge in [-0.3, -0.25) is 0 Å². The fourth-order valence-corrected chi connectivity index (χ4v) is 2.91. The summed E-state index contributed by atoms with van der Waals surface area (Å²) < 4.78 is 5.30. The van der Waals surface area contributed by atoms with Gasteiger partial charge in [0.25, 0.3) is 0 Å². The molecule has 2 rings (SSSR count). The number of fused-ring (bicyclic) bond motifs is 1. The summed E-state index contributed by atoms with van der Waals surface area (Å²) in [7, 11) is 1.72. The first-order valence-electron chi connectivity index (χ1n) is 6.73. The third kappa shape index (κ3) is 3.22. The second-order valence-corrected chi connectivity index (χ2v) is 5.67. The van der Waals surface area contributed by atoms with Gasteiger partial charge in [0.05, 0.1) is 11.5 Å². The van der Waals surface area contributed by atoms with Gasteiger partial charge in [0, 0.05) is 25.0 Å². The van der Waals surface area contributed by atoms with Gasteiger partial charge in [-0.15, -0.1) is 11.3 Å². The summed E-state index contributed by atoms with van der Waals surface area (Å²) >= 11 is 1.75. The van der Waals surface area contributed by atoms with E-state index in [0.717, 1.165) is 41.2 Å². The first kappa shape index (κ1) is 14.2. The van der Waals surface area contributed by atoms with E-state index in [1.165, 1.54) is 4.88 Å². The van der Waals surface area contributed by atoms with Crippen LogP contribution in [0.15, 0.2) is 6.07 Å². The Hall–Kier alpha value is -1.20. The monoisotopic (exact) mass is 279 g/mol. The highest BCUT2D eigenvalue weighted by atomic mass is 32.1. The molecule has 0 aliphatic rings. The Morgan fingerprint density at radius 2 is 2.16 bits per heavy atom. The number of nitrogens with zero attached hydrogens (tertiary/aromatic N) is 2. The van der Waals surface area contributed by atoms with Crippen molar-refractivity contribution >= 4 is 27.4 Å². The number of anilines is 1. The quantitative estimate of drug-likeness (QED) is 0.881. The number of rotatable bonds is 6. The summed E-state index contributed by atoms with van der Waals surface area (Å²) in [6.45, 7) is 7.15. The lowest BCUT2D eigenvalue weighted by Crippen LogP contribution is -2.12. The van der Waals surface area contributed by atoms with Crippen molar-refractivity contribution in [3.05, 3.63) is 16.8 Å². The van der Waals surface area contributed by atoms with Crippen molar-refractivity contribution in [2.24, 2.45) is 0 Å². The average molecular weight is 279 g/mol. The van der Waals surface area contributed by atoms with Gasteiger partial charge in [-0.05, 0) is 26.3 Å². The number of hydrogen-bond acceptors (Lipinski definition) is 5. The normalized spacial score (nSPS) is 12.8. The largest absolute Gasteiger partial charge is 0.381 e. The molecule has 2 aromatic heterocycles. The molecule has 19 heavy (non-hydrogen) atoms. The number of aryl methyl sites for hydroxylation is 1. The second-order valence-electron chi connectivity index (χ2n) is 4.55. The number of ether oxygens (including phenoxy) is 1. The van der Waals surface area contributed by atoms with Crippen LogP contribution in [0, 0.1) is 0 Å². The van der Waals surface area contributed by atoms with Gasteiger partial charge in [0.15, 0.2) is 0 Å². The Labute approximate surface area is 118 Å². The second kappa shape index (κ2) is 6.30. The van der Waals surface area contributed by atoms with Crippen LogP contribution < -0.4 is 5.32 Å². The Kier molecular flexibility index (Phi) is 4.71. The smallest absolute Gasteiger partial charge is 0.138 e. The zero-order valence-electron chi connectivity index (χ0n) is 12.0. The van der Waals surface area contributed by atoms with Crippen molar-refractivity contribution in [1.29, 1.82) is 0 Å². The zero-order chi connectivity index (χ0) is 13.8. The molecule has 0 saturated carbocycles. The standard InChI is InChI=1S/C14H21N3OS/c1-5-10-8-11-13(15-6-2)16-12(7-9(3)18-4)17-14(11)19-10/h8-9H,5-7H2,1-4H3,(H,15,16,17). The third-order valence-corrected chi connectivity index (χ3v) is 4.23. The van der Waals surface area contributed by atoms with E-state index >= 15 is 0 Å². The first-order chi connectivity index (χ1) is 9.17. The molecule has 5 heteroatoms. The molecule has 0 aliphatic carbocycles. The highest BCUT2D eigenvalue weighted by Gasteiger charge is 2.12. The van der Waals surface area contributed by atoms with Crippen LogP contribution in [0.2, 0.25) is 0 Å². The molecule has 0 bridgehead atoms. The summed E-state index contributed by atoms with van der Waals surface area (Å²) in [5.74, 6) is 1.80. The van der Waals surface area contributed by atoms with E-state index in [-0.39, 0.29) is 6.10 Å². The molecular formula is C14H21N3OS. The summed E-state index contributed by atoms with van der Waals surface area (Å²) in [6.07, 6.45) is 1.91. The van der Waals surface area contributed by atoms with Crippen molar-refractivity contribution < 1.29 is 4.74 Å². The molecule has 0 radical (unpaired) electrons. The van der Waals surface area contributed by atoms with Gasteiger partial charge in [-0.1, -0.05) is 6.92 Å². The van der Waals surface area contributed by atoms with E-state index in [4.69, 9.17) is 4.74 Å². The predicted octanol–water partition coefficient (Wildman–Crippen LogP) is 3.26. The molecule has 104 valence electrons. The van der Waals surface area contributed by atoms with Gasteiger partial charge in [-0.25, -0.2) is 9.97 Å². The van der Waals surface area contributed by atoms with Crippen LogP contribution in [0.3, 0.4) is 0 Å². The van der Waals surface area contributed by atoms with E-state index in [9.17, 15) is 0 Å². The minimum Gasteiger partial charge on any atom is -0.381 e. The number of nitrogens with one attached hydrogen (secondary N) is 1. The number of thiophene rings is 1. The van der Waals surface area contributed by atoms with Crippen LogP contribution in [0.4, 0.5) is 5.82 Å². The molecule has 0 saturated heterocycles. The molecular weight excluding hydrogens is 258 g/mol. The Morgan fingerprint density at radius 1 is 1.37 bits per heavy atom. The van der Waals surface area contributed by atoms with Gasteiger partial charge in [-0.2, -0.15) is 0 Å². The van der Waals surface area contributed by atoms with Gasteiger partial charge < -0.3 is 10.1 Å². The van der Waals surface area contributed by atoms with Crippen LogP contribution in [-0.4, -0.2) is 29.7 Å². The molecule has 2 heterocycles. The van der Waals surface area contributed by atoms with Gasteiger partial charge in [0.1, 0.15) is 16.5 Å². The molecule has 0 fully saturated rings. The van der Waals surface area contributed by atoms with E-state index in [1.54, 1.807) is 18.4 Å². The van der Waals surface area contributed by atoms with Gasteiger partial charge in [0.2, 0.25) is 0 Å². The zero-order valence-corrected chi connectivity index (χ0v) is 12.8. The Bertz CT molecular complexity index is 553. The molecule has 0 spiro atoms. The maximum absolute atomic E-state index is 5.30. The lowest BCUT2D eigenvalue weighted by atomic mass is 10.2. The lowest BCUT2D eigenvalue weighted by molar-refractivity contribution is 0.117. The minimum atomic E-state index is 0.137. The first-order valence-corrected chi connectivity index (χ1v) is 7.55. The topological polar surface area (TPSA) is 47.0 Å². The maximum Gasteiger partial charge on any atom is 0.138 e. The van der Waals surface area contributed by atoms with E-state index in [2.05, 4.69) is 35.2 Å². The van der Waals surface area contributed by atoms with Crippen LogP contribution in [0.1, 0.15) is 31.5 Å². The van der Waals surface area contributed by atoms with Crippen LogP contribution in [-0.2, 0) is 17.6 Å². The fourth-order valence-electron chi connectivity index (χ4n) is 1.92. The van der Waals surface area contributed by atoms with E-state index < -0.39 is 0 Å². The molecule has 1 atom stereocenters. The molecule has 4 nitrogen and oxygen atoms in total. The number of methoxy groups -OCH3 is 1. The lowest BCUT2D eigenvalue weighted by Gasteiger charge is -2.10. The number of hydrogen-bond donors (Lipinski definition) is 1.